The standard InChI is InChI=1S/C47H37N7/c1-30-51-52-45-38-25-34(19-20-35(38)36-17-11-12-18-40(36)53(30)45)47(31-13-7-5-8-14-31,32-15-9-6-10-16-32)43-27-41-39(28-50-43)37-22-23-48-29-42(37)54(41)44-26-33(21-24-49-44)46(2,3)4/h5-29H,1-4H3. The molecule has 0 aliphatic heterocycles. The summed E-state index contributed by atoms with van der Waals surface area (Å²) >= 11 is 0. The Labute approximate surface area is 312 Å². The summed E-state index contributed by atoms with van der Waals surface area (Å²) < 4.78 is 4.41. The number of pyridine rings is 4. The lowest BCUT2D eigenvalue weighted by atomic mass is 9.66. The summed E-state index contributed by atoms with van der Waals surface area (Å²) in [6.07, 6.45) is 7.73. The van der Waals surface area contributed by atoms with Crippen LogP contribution in [0.3, 0.4) is 0 Å². The van der Waals surface area contributed by atoms with Crippen LogP contribution in [0.2, 0.25) is 0 Å². The molecule has 0 unspecified atom stereocenters. The minimum Gasteiger partial charge on any atom is -0.292 e. The van der Waals surface area contributed by atoms with Crippen LogP contribution in [0.1, 0.15) is 54.5 Å². The van der Waals surface area contributed by atoms with E-state index in [4.69, 9.17) is 15.1 Å². The fraction of sp³-hybridized carbons (Fsp3) is 0.128. The zero-order valence-corrected chi connectivity index (χ0v) is 30.6. The smallest absolute Gasteiger partial charge is 0.169 e. The van der Waals surface area contributed by atoms with Gasteiger partial charge in [-0.3, -0.25) is 18.9 Å². The zero-order valence-electron chi connectivity index (χ0n) is 30.6. The van der Waals surface area contributed by atoms with Gasteiger partial charge in [0, 0.05) is 40.1 Å². The van der Waals surface area contributed by atoms with Gasteiger partial charge < -0.3 is 0 Å². The van der Waals surface area contributed by atoms with Crippen molar-refractivity contribution in [2.45, 2.75) is 38.5 Å². The zero-order chi connectivity index (χ0) is 36.6. The maximum absolute atomic E-state index is 5.43. The molecular weight excluding hydrogens is 663 g/mol. The van der Waals surface area contributed by atoms with Crippen molar-refractivity contribution in [2.24, 2.45) is 0 Å². The van der Waals surface area contributed by atoms with Crippen LogP contribution in [0.25, 0.3) is 54.9 Å². The predicted molar refractivity (Wildman–Crippen MR) is 217 cm³/mol. The van der Waals surface area contributed by atoms with Gasteiger partial charge in [-0.15, -0.1) is 10.2 Å². The van der Waals surface area contributed by atoms with Crippen molar-refractivity contribution in [1.29, 1.82) is 0 Å². The topological polar surface area (TPSA) is 73.8 Å². The summed E-state index contributed by atoms with van der Waals surface area (Å²) in [5, 5.41) is 14.8. The van der Waals surface area contributed by atoms with Gasteiger partial charge in [0.25, 0.3) is 0 Å². The van der Waals surface area contributed by atoms with Gasteiger partial charge in [-0.1, -0.05) is 112 Å². The summed E-state index contributed by atoms with van der Waals surface area (Å²) in [4.78, 5) is 15.0. The van der Waals surface area contributed by atoms with E-state index < -0.39 is 5.41 Å². The third kappa shape index (κ3) is 4.64. The van der Waals surface area contributed by atoms with Gasteiger partial charge in [-0.2, -0.15) is 0 Å². The highest BCUT2D eigenvalue weighted by Gasteiger charge is 2.40. The molecule has 0 saturated heterocycles. The average molecular weight is 700 g/mol. The number of para-hydroxylation sites is 1. The van der Waals surface area contributed by atoms with Crippen molar-refractivity contribution in [3.63, 3.8) is 0 Å². The van der Waals surface area contributed by atoms with E-state index in [1.54, 1.807) is 0 Å². The molecule has 4 aromatic carbocycles. The van der Waals surface area contributed by atoms with Crippen LogP contribution in [0, 0.1) is 6.92 Å². The SMILES string of the molecule is Cc1nnc2c3cc(C(c4ccccc4)(c4ccccc4)c4cc5c(cn4)c4ccncc4n5-c4cc(C(C)(C)C)ccn4)ccc3c3ccccc3n12. The highest BCUT2D eigenvalue weighted by Crippen LogP contribution is 2.47. The molecule has 0 amide bonds. The van der Waals surface area contributed by atoms with Crippen molar-refractivity contribution in [2.75, 3.05) is 0 Å². The molecule has 6 heterocycles. The Bertz CT molecular complexity index is 3010. The second kappa shape index (κ2) is 11.9. The van der Waals surface area contributed by atoms with Gasteiger partial charge in [0.05, 0.1) is 33.9 Å². The highest BCUT2D eigenvalue weighted by molar-refractivity contribution is 6.12. The van der Waals surface area contributed by atoms with Crippen molar-refractivity contribution < 1.29 is 0 Å². The maximum atomic E-state index is 5.43. The minimum absolute atomic E-state index is 0.0487. The van der Waals surface area contributed by atoms with E-state index in [9.17, 15) is 0 Å². The first kappa shape index (κ1) is 32.0. The molecule has 0 aliphatic carbocycles. The third-order valence-electron chi connectivity index (χ3n) is 11.0. The lowest BCUT2D eigenvalue weighted by molar-refractivity contribution is 0.588. The molecule has 10 rings (SSSR count). The summed E-state index contributed by atoms with van der Waals surface area (Å²) in [5.74, 6) is 1.70. The van der Waals surface area contributed by atoms with E-state index in [0.29, 0.717) is 0 Å². The van der Waals surface area contributed by atoms with Crippen LogP contribution in [-0.2, 0) is 10.8 Å². The van der Waals surface area contributed by atoms with Crippen molar-refractivity contribution in [1.82, 2.24) is 34.1 Å². The second-order valence-electron chi connectivity index (χ2n) is 15.1. The molecular formula is C47H37N7. The highest BCUT2D eigenvalue weighted by atomic mass is 15.2. The van der Waals surface area contributed by atoms with Gasteiger partial charge >= 0.3 is 0 Å². The largest absolute Gasteiger partial charge is 0.292 e. The number of fused-ring (bicyclic) bond motifs is 9. The molecule has 260 valence electrons. The normalized spacial score (nSPS) is 12.4. The Kier molecular flexibility index (Phi) is 7.04. The van der Waals surface area contributed by atoms with Crippen LogP contribution < -0.4 is 0 Å². The number of aromatic nitrogens is 7. The van der Waals surface area contributed by atoms with Crippen molar-refractivity contribution >= 4 is 49.1 Å². The van der Waals surface area contributed by atoms with Crippen LogP contribution >= 0.6 is 0 Å². The molecule has 0 aliphatic rings. The van der Waals surface area contributed by atoms with Gasteiger partial charge in [-0.05, 0) is 76.4 Å². The minimum atomic E-state index is -0.817. The summed E-state index contributed by atoms with van der Waals surface area (Å²) in [7, 11) is 0. The van der Waals surface area contributed by atoms with E-state index >= 15 is 0 Å². The average Bonchev–Trinajstić information content (AvgIpc) is 3.77. The first-order chi connectivity index (χ1) is 26.3. The molecule has 0 atom stereocenters. The van der Waals surface area contributed by atoms with Crippen molar-refractivity contribution in [3.8, 4) is 5.82 Å². The fourth-order valence-electron chi connectivity index (χ4n) is 8.46. The first-order valence-electron chi connectivity index (χ1n) is 18.3. The number of nitrogens with zero attached hydrogens (tertiary/aromatic N) is 7. The lowest BCUT2D eigenvalue weighted by Gasteiger charge is -2.36. The fourth-order valence-corrected chi connectivity index (χ4v) is 8.46. The van der Waals surface area contributed by atoms with E-state index in [0.717, 1.165) is 83.2 Å². The molecule has 0 fully saturated rings. The number of hydrogen-bond donors (Lipinski definition) is 0. The van der Waals surface area contributed by atoms with Crippen molar-refractivity contribution in [3.05, 3.63) is 186 Å². The first-order valence-corrected chi connectivity index (χ1v) is 18.3. The molecule has 0 spiro atoms. The molecule has 0 saturated carbocycles. The molecule has 7 nitrogen and oxygen atoms in total. The Morgan fingerprint density at radius 1 is 0.500 bits per heavy atom. The number of hydrogen-bond acceptors (Lipinski definition) is 5. The van der Waals surface area contributed by atoms with Gasteiger partial charge in [0.1, 0.15) is 11.6 Å². The maximum Gasteiger partial charge on any atom is 0.169 e. The van der Waals surface area contributed by atoms with Crippen LogP contribution in [0.15, 0.2) is 152 Å². The Hall–Kier alpha value is -6.73. The Morgan fingerprint density at radius 2 is 1.22 bits per heavy atom. The summed E-state index contributed by atoms with van der Waals surface area (Å²) in [6, 6.07) is 45.5. The number of aryl methyl sites for hydroxylation is 1. The molecule has 10 aromatic rings. The monoisotopic (exact) mass is 699 g/mol. The van der Waals surface area contributed by atoms with Crippen LogP contribution in [-0.4, -0.2) is 34.1 Å². The second-order valence-corrected chi connectivity index (χ2v) is 15.1. The van der Waals surface area contributed by atoms with E-state index in [-0.39, 0.29) is 5.41 Å². The van der Waals surface area contributed by atoms with Gasteiger partial charge in [0.15, 0.2) is 5.65 Å². The Balaban J connectivity index is 1.34. The third-order valence-corrected chi connectivity index (χ3v) is 11.0. The van der Waals surface area contributed by atoms with E-state index in [1.807, 2.05) is 31.7 Å². The predicted octanol–water partition coefficient (Wildman–Crippen LogP) is 10.3. The van der Waals surface area contributed by atoms with Gasteiger partial charge in [0.2, 0.25) is 0 Å². The van der Waals surface area contributed by atoms with E-state index in [1.165, 1.54) is 5.56 Å². The molecule has 0 N–H and O–H groups in total. The quantitative estimate of drug-likeness (QED) is 0.132. The molecule has 7 heteroatoms. The van der Waals surface area contributed by atoms with Gasteiger partial charge in [-0.25, -0.2) is 4.98 Å². The molecule has 0 bridgehead atoms. The number of benzene rings is 4. The Morgan fingerprint density at radius 3 is 1.98 bits per heavy atom. The molecule has 54 heavy (non-hydrogen) atoms. The summed E-state index contributed by atoms with van der Waals surface area (Å²) in [5.41, 5.74) is 8.45. The molecule has 6 aromatic heterocycles. The van der Waals surface area contributed by atoms with Crippen LogP contribution in [0.4, 0.5) is 0 Å². The number of rotatable bonds is 5. The summed E-state index contributed by atoms with van der Waals surface area (Å²) in [6.45, 7) is 8.71. The molecule has 0 radical (unpaired) electrons. The lowest BCUT2D eigenvalue weighted by Crippen LogP contribution is -2.32. The van der Waals surface area contributed by atoms with E-state index in [2.05, 4.69) is 167 Å². The van der Waals surface area contributed by atoms with Crippen LogP contribution in [0.5, 0.6) is 0 Å².